The van der Waals surface area contributed by atoms with Gasteiger partial charge in [0.2, 0.25) is 0 Å². The molecule has 5 heteroatoms. The number of nitrogens with zero attached hydrogens (tertiary/aromatic N) is 2. The van der Waals surface area contributed by atoms with Crippen molar-refractivity contribution in [2.24, 2.45) is 0 Å². The van der Waals surface area contributed by atoms with Crippen LogP contribution in [0.5, 0.6) is 0 Å². The molecule has 0 radical (unpaired) electrons. The standard InChI is InChI=1S/C14H18N4O/c1-2-13-16-11-4-3-10(9-12(11)17-13)14(19)18-7-5-15-6-8-18/h3-4,9,15H,2,5-8H2,1H3,(H,16,17). The monoisotopic (exact) mass is 258 g/mol. The number of imidazole rings is 1. The highest BCUT2D eigenvalue weighted by Gasteiger charge is 2.18. The summed E-state index contributed by atoms with van der Waals surface area (Å²) in [5, 5.41) is 3.25. The zero-order valence-corrected chi connectivity index (χ0v) is 11.1. The number of H-pyrrole nitrogens is 1. The summed E-state index contributed by atoms with van der Waals surface area (Å²) in [6.45, 7) is 5.36. The second-order valence-corrected chi connectivity index (χ2v) is 4.81. The maximum atomic E-state index is 12.4. The number of carbonyl (C=O) groups excluding carboxylic acids is 1. The van der Waals surface area contributed by atoms with E-state index in [9.17, 15) is 4.79 Å². The lowest BCUT2D eigenvalue weighted by atomic mass is 10.1. The normalized spacial score (nSPS) is 15.9. The molecule has 0 saturated carbocycles. The molecule has 2 aromatic rings. The quantitative estimate of drug-likeness (QED) is 0.850. The highest BCUT2D eigenvalue weighted by atomic mass is 16.2. The van der Waals surface area contributed by atoms with Gasteiger partial charge in [0.1, 0.15) is 5.82 Å². The van der Waals surface area contributed by atoms with Crippen LogP contribution in [0, 0.1) is 0 Å². The van der Waals surface area contributed by atoms with E-state index in [1.165, 1.54) is 0 Å². The SMILES string of the molecule is CCc1nc2ccc(C(=O)N3CCNCC3)cc2[nH]1. The van der Waals surface area contributed by atoms with Crippen molar-refractivity contribution in [3.8, 4) is 0 Å². The number of fused-ring (bicyclic) bond motifs is 1. The van der Waals surface area contributed by atoms with Crippen molar-refractivity contribution in [3.63, 3.8) is 0 Å². The van der Waals surface area contributed by atoms with Crippen LogP contribution in [0.1, 0.15) is 23.1 Å². The van der Waals surface area contributed by atoms with E-state index in [0.717, 1.165) is 55.0 Å². The Kier molecular flexibility index (Phi) is 3.21. The molecule has 1 aromatic heterocycles. The number of carbonyl (C=O) groups is 1. The fourth-order valence-electron chi connectivity index (χ4n) is 2.41. The third kappa shape index (κ3) is 2.33. The smallest absolute Gasteiger partial charge is 0.254 e. The Morgan fingerprint density at radius 1 is 1.37 bits per heavy atom. The van der Waals surface area contributed by atoms with Gasteiger partial charge in [0.25, 0.3) is 5.91 Å². The summed E-state index contributed by atoms with van der Waals surface area (Å²) in [6.07, 6.45) is 0.871. The molecule has 2 heterocycles. The van der Waals surface area contributed by atoms with Gasteiger partial charge in [-0.3, -0.25) is 4.79 Å². The van der Waals surface area contributed by atoms with Crippen LogP contribution in [0.15, 0.2) is 18.2 Å². The number of aryl methyl sites for hydroxylation is 1. The van der Waals surface area contributed by atoms with Gasteiger partial charge in [-0.15, -0.1) is 0 Å². The zero-order valence-electron chi connectivity index (χ0n) is 11.1. The molecule has 1 aliphatic rings. The Balaban J connectivity index is 1.89. The number of amides is 1. The van der Waals surface area contributed by atoms with Crippen molar-refractivity contribution in [3.05, 3.63) is 29.6 Å². The van der Waals surface area contributed by atoms with Crippen LogP contribution in [-0.4, -0.2) is 47.0 Å². The van der Waals surface area contributed by atoms with Crippen molar-refractivity contribution in [1.29, 1.82) is 0 Å². The average molecular weight is 258 g/mol. The number of hydrogen-bond acceptors (Lipinski definition) is 3. The molecular formula is C14H18N4O. The van der Waals surface area contributed by atoms with E-state index in [2.05, 4.69) is 22.2 Å². The van der Waals surface area contributed by atoms with E-state index in [1.54, 1.807) is 0 Å². The second kappa shape index (κ2) is 5.01. The molecule has 0 atom stereocenters. The largest absolute Gasteiger partial charge is 0.342 e. The van der Waals surface area contributed by atoms with Gasteiger partial charge in [-0.1, -0.05) is 6.92 Å². The highest BCUT2D eigenvalue weighted by molar-refractivity contribution is 5.97. The Morgan fingerprint density at radius 2 is 2.16 bits per heavy atom. The predicted octanol–water partition coefficient (Wildman–Crippen LogP) is 1.17. The van der Waals surface area contributed by atoms with Crippen LogP contribution in [0.25, 0.3) is 11.0 Å². The maximum absolute atomic E-state index is 12.4. The fourth-order valence-corrected chi connectivity index (χ4v) is 2.41. The van der Waals surface area contributed by atoms with Crippen molar-refractivity contribution in [2.45, 2.75) is 13.3 Å². The Hall–Kier alpha value is -1.88. The molecule has 19 heavy (non-hydrogen) atoms. The first kappa shape index (κ1) is 12.2. The summed E-state index contributed by atoms with van der Waals surface area (Å²) in [5.74, 6) is 1.07. The Bertz CT molecular complexity index is 599. The van der Waals surface area contributed by atoms with Crippen LogP contribution in [0.2, 0.25) is 0 Å². The lowest BCUT2D eigenvalue weighted by Crippen LogP contribution is -2.46. The van der Waals surface area contributed by atoms with E-state index in [1.807, 2.05) is 23.1 Å². The van der Waals surface area contributed by atoms with Crippen molar-refractivity contribution in [1.82, 2.24) is 20.2 Å². The molecule has 0 bridgehead atoms. The van der Waals surface area contributed by atoms with Crippen LogP contribution < -0.4 is 5.32 Å². The predicted molar refractivity (Wildman–Crippen MR) is 74.2 cm³/mol. The summed E-state index contributed by atoms with van der Waals surface area (Å²) in [7, 11) is 0. The van der Waals surface area contributed by atoms with E-state index in [-0.39, 0.29) is 5.91 Å². The molecule has 0 unspecified atom stereocenters. The van der Waals surface area contributed by atoms with Gasteiger partial charge in [-0.25, -0.2) is 4.98 Å². The third-order valence-electron chi connectivity index (χ3n) is 3.52. The number of aromatic amines is 1. The molecular weight excluding hydrogens is 240 g/mol. The minimum Gasteiger partial charge on any atom is -0.342 e. The van der Waals surface area contributed by atoms with Gasteiger partial charge in [0, 0.05) is 38.2 Å². The van der Waals surface area contributed by atoms with Crippen molar-refractivity contribution in [2.75, 3.05) is 26.2 Å². The lowest BCUT2D eigenvalue weighted by Gasteiger charge is -2.27. The lowest BCUT2D eigenvalue weighted by molar-refractivity contribution is 0.0736. The molecule has 2 N–H and O–H groups in total. The Labute approximate surface area is 112 Å². The van der Waals surface area contributed by atoms with Gasteiger partial charge in [-0.05, 0) is 18.2 Å². The molecule has 3 rings (SSSR count). The van der Waals surface area contributed by atoms with Gasteiger partial charge in [0.15, 0.2) is 0 Å². The summed E-state index contributed by atoms with van der Waals surface area (Å²) in [6, 6.07) is 5.69. The molecule has 1 fully saturated rings. The van der Waals surface area contributed by atoms with E-state index >= 15 is 0 Å². The maximum Gasteiger partial charge on any atom is 0.254 e. The minimum atomic E-state index is 0.107. The zero-order chi connectivity index (χ0) is 13.2. The number of benzene rings is 1. The van der Waals surface area contributed by atoms with E-state index < -0.39 is 0 Å². The minimum absolute atomic E-state index is 0.107. The van der Waals surface area contributed by atoms with Crippen molar-refractivity contribution >= 4 is 16.9 Å². The number of nitrogens with one attached hydrogen (secondary N) is 2. The molecule has 5 nitrogen and oxygen atoms in total. The molecule has 1 saturated heterocycles. The van der Waals surface area contributed by atoms with Crippen molar-refractivity contribution < 1.29 is 4.79 Å². The van der Waals surface area contributed by atoms with E-state index in [0.29, 0.717) is 0 Å². The highest BCUT2D eigenvalue weighted by Crippen LogP contribution is 2.16. The molecule has 1 aromatic carbocycles. The second-order valence-electron chi connectivity index (χ2n) is 4.81. The Morgan fingerprint density at radius 3 is 2.89 bits per heavy atom. The molecule has 1 amide bonds. The first-order valence-electron chi connectivity index (χ1n) is 6.76. The molecule has 100 valence electrons. The van der Waals surface area contributed by atoms with Gasteiger partial charge in [0.05, 0.1) is 11.0 Å². The van der Waals surface area contributed by atoms with E-state index in [4.69, 9.17) is 0 Å². The molecule has 0 aliphatic carbocycles. The summed E-state index contributed by atoms with van der Waals surface area (Å²) in [4.78, 5) is 22.0. The van der Waals surface area contributed by atoms with Crippen LogP contribution in [-0.2, 0) is 6.42 Å². The van der Waals surface area contributed by atoms with Crippen LogP contribution in [0.4, 0.5) is 0 Å². The van der Waals surface area contributed by atoms with Gasteiger partial charge >= 0.3 is 0 Å². The number of aromatic nitrogens is 2. The van der Waals surface area contributed by atoms with Gasteiger partial charge in [-0.2, -0.15) is 0 Å². The molecule has 0 spiro atoms. The average Bonchev–Trinajstić information content (AvgIpc) is 2.89. The van der Waals surface area contributed by atoms with Crippen LogP contribution in [0.3, 0.4) is 0 Å². The number of piperazine rings is 1. The number of hydrogen-bond donors (Lipinski definition) is 2. The number of rotatable bonds is 2. The first-order valence-corrected chi connectivity index (χ1v) is 6.76. The topological polar surface area (TPSA) is 61.0 Å². The van der Waals surface area contributed by atoms with Gasteiger partial charge < -0.3 is 15.2 Å². The van der Waals surface area contributed by atoms with Crippen LogP contribution >= 0.6 is 0 Å². The fraction of sp³-hybridized carbons (Fsp3) is 0.429. The first-order chi connectivity index (χ1) is 9.28. The molecule has 1 aliphatic heterocycles. The third-order valence-corrected chi connectivity index (χ3v) is 3.52. The summed E-state index contributed by atoms with van der Waals surface area (Å²) < 4.78 is 0. The summed E-state index contributed by atoms with van der Waals surface area (Å²) >= 11 is 0. The summed E-state index contributed by atoms with van der Waals surface area (Å²) in [5.41, 5.74) is 2.60.